The van der Waals surface area contributed by atoms with Crippen LogP contribution in [0.25, 0.3) is 94.7 Å². The van der Waals surface area contributed by atoms with Gasteiger partial charge in [0.05, 0.1) is 0 Å². The smallest absolute Gasteiger partial charge is 0.164 e. The molecule has 0 aliphatic heterocycles. The van der Waals surface area contributed by atoms with E-state index in [0.29, 0.717) is 17.5 Å². The molecule has 0 N–H and O–H groups in total. The zero-order valence-corrected chi connectivity index (χ0v) is 47.2. The highest BCUT2D eigenvalue weighted by atomic mass is 16.3. The average molecular weight is 901 g/mol. The molecular formula is C45H50B22N4O. The van der Waals surface area contributed by atoms with E-state index >= 15 is 0 Å². The quantitative estimate of drug-likeness (QED) is 0.162. The van der Waals surface area contributed by atoms with E-state index in [4.69, 9.17) is 19.4 Å². The van der Waals surface area contributed by atoms with Gasteiger partial charge < -0.3 is 8.98 Å². The number of hydrogen-bond acceptors (Lipinski definition) is 4. The minimum absolute atomic E-state index is 0.627. The molecule has 27 heteroatoms. The second-order valence-corrected chi connectivity index (χ2v) is 21.9. The second kappa shape index (κ2) is 17.6. The van der Waals surface area contributed by atoms with Crippen molar-refractivity contribution >= 4 is 337 Å². The molecule has 3 heterocycles. The van der Waals surface area contributed by atoms with E-state index in [1.165, 1.54) is 148 Å². The van der Waals surface area contributed by atoms with Crippen LogP contribution in [0.3, 0.4) is 0 Å². The molecule has 0 amide bonds. The van der Waals surface area contributed by atoms with Gasteiger partial charge in [0.15, 0.2) is 17.5 Å². The summed E-state index contributed by atoms with van der Waals surface area (Å²) in [5.41, 5.74) is 39.1. The van der Waals surface area contributed by atoms with Crippen LogP contribution < -0.4 is 120 Å². The maximum atomic E-state index is 7.32. The minimum atomic E-state index is 0.627. The molecule has 0 radical (unpaired) electrons. The number of hydrogen-bond donors (Lipinski definition) is 0. The summed E-state index contributed by atoms with van der Waals surface area (Å²) in [6.07, 6.45) is 0. The van der Waals surface area contributed by atoms with Gasteiger partial charge in [0, 0.05) is 49.7 Å². The van der Waals surface area contributed by atoms with Crippen molar-refractivity contribution in [3.63, 3.8) is 0 Å². The van der Waals surface area contributed by atoms with Gasteiger partial charge in [-0.2, -0.15) is 0 Å². The molecule has 0 saturated carbocycles. The first-order valence-electron chi connectivity index (χ1n) is 25.9. The summed E-state index contributed by atoms with van der Waals surface area (Å²) < 4.78 is 9.90. The van der Waals surface area contributed by atoms with Crippen LogP contribution >= 0.6 is 0 Å². The number of aromatic nitrogens is 4. The van der Waals surface area contributed by atoms with Gasteiger partial charge in [-0.05, 0) is 40.6 Å². The van der Waals surface area contributed by atoms with E-state index in [2.05, 4.69) is 214 Å². The number of nitrogens with zero attached hydrogens (tertiary/aromatic N) is 4. The highest BCUT2D eigenvalue weighted by Gasteiger charge is 2.27. The molecule has 7 aromatic carbocycles. The van der Waals surface area contributed by atoms with Gasteiger partial charge in [0.25, 0.3) is 0 Å². The largest absolute Gasteiger partial charge is 0.455 e. The molecule has 0 atom stereocenters. The zero-order valence-electron chi connectivity index (χ0n) is 47.2. The number of fused-ring (bicyclic) bond motifs is 6. The fraction of sp³-hybridized carbons (Fsp3) is 0. The lowest BCUT2D eigenvalue weighted by molar-refractivity contribution is 0.670. The summed E-state index contributed by atoms with van der Waals surface area (Å²) in [7, 11) is 49.6. The lowest BCUT2D eigenvalue weighted by atomic mass is 9.59. The molecule has 72 heavy (non-hydrogen) atoms. The maximum Gasteiger partial charge on any atom is 0.164 e. The topological polar surface area (TPSA) is 56.7 Å². The van der Waals surface area contributed by atoms with E-state index < -0.39 is 0 Å². The van der Waals surface area contributed by atoms with E-state index in [1.807, 2.05) is 0 Å². The first kappa shape index (κ1) is 50.1. The Labute approximate surface area is 445 Å². The van der Waals surface area contributed by atoms with Gasteiger partial charge in [0.2, 0.25) is 0 Å². The van der Waals surface area contributed by atoms with Crippen LogP contribution in [0.4, 0.5) is 0 Å². The fourth-order valence-electron chi connectivity index (χ4n) is 12.5. The predicted octanol–water partition coefficient (Wildman–Crippen LogP) is -26.8. The molecular weight excluding hydrogens is 850 g/mol. The molecule has 0 saturated heterocycles. The van der Waals surface area contributed by atoms with Crippen LogP contribution in [0.15, 0.2) is 40.8 Å². The number of rotatable bonds is 5. The highest BCUT2D eigenvalue weighted by Crippen LogP contribution is 2.40. The van der Waals surface area contributed by atoms with Crippen molar-refractivity contribution < 1.29 is 4.42 Å². The van der Waals surface area contributed by atoms with Crippen molar-refractivity contribution in [2.45, 2.75) is 0 Å². The third-order valence-electron chi connectivity index (χ3n) is 18.8. The summed E-state index contributed by atoms with van der Waals surface area (Å²) in [4.78, 5) is 16.3. The summed E-state index contributed by atoms with van der Waals surface area (Å²) >= 11 is 0. The Hall–Kier alpha value is -5.42. The summed E-state index contributed by atoms with van der Waals surface area (Å²) in [5.74, 6) is 2.02. The number of furan rings is 1. The van der Waals surface area contributed by atoms with Crippen LogP contribution in [0.2, 0.25) is 0 Å². The van der Waals surface area contributed by atoms with Crippen LogP contribution in [-0.2, 0) is 0 Å². The Bertz CT molecular complexity index is 3980. The fourth-order valence-corrected chi connectivity index (χ4v) is 12.5. The molecule has 0 spiro atoms. The Morgan fingerprint density at radius 1 is 0.333 bits per heavy atom. The van der Waals surface area contributed by atoms with Gasteiger partial charge in [0.1, 0.15) is 184 Å². The molecule has 0 unspecified atom stereocenters. The van der Waals surface area contributed by atoms with Gasteiger partial charge in [-0.25, -0.2) is 15.0 Å². The standard InChI is InChI=1S/C45H50B22N4O/c46-12-6-13(47)40-16(20(12)48)17-23(51)30(58)38(66)39(67)41(17)71(40)8-4-10-9-2-1-7(3-14(9)72-42(10)11(5-8)15-21(49)28(56)35(63)29(57)22(15)50)43-68-44(18-24(52)31(59)36(64)32(60)25(18)53)70-45(69-43)19-26(54)33(61)37(65)34(62)27(19)55/h1-6H,46-67H2. The van der Waals surface area contributed by atoms with Gasteiger partial charge in [-0.1, -0.05) is 77.7 Å². The average Bonchev–Trinajstić information content (AvgIpc) is 3.92. The van der Waals surface area contributed by atoms with Crippen LogP contribution in [0, 0.1) is 0 Å². The third kappa shape index (κ3) is 7.11. The van der Waals surface area contributed by atoms with Crippen molar-refractivity contribution in [2.24, 2.45) is 0 Å². The van der Waals surface area contributed by atoms with E-state index in [1.54, 1.807) is 0 Å². The normalized spacial score (nSPS) is 11.7. The molecule has 5 nitrogen and oxygen atoms in total. The lowest BCUT2D eigenvalue weighted by Crippen LogP contribution is -2.55. The van der Waals surface area contributed by atoms with Crippen molar-refractivity contribution in [1.29, 1.82) is 0 Å². The molecule has 0 bridgehead atoms. The van der Waals surface area contributed by atoms with Crippen molar-refractivity contribution in [2.75, 3.05) is 0 Å². The SMILES string of the molecule is Bc1cc(B)c2c(c1B)c1c(B)c(B)c(B)c(B)c1n2-c1cc(-c2c(B)c(B)c(B)c(B)c2B)c2oc3cc(-c4nc(-c5c(B)c(B)c(B)c(B)c5B)nc(-c5c(B)c(B)c(B)c(B)c5B)n4)ccc3c2c1. The molecule has 10 rings (SSSR count). The number of benzene rings is 7. The third-order valence-corrected chi connectivity index (χ3v) is 18.8. The van der Waals surface area contributed by atoms with E-state index in [0.717, 1.165) is 49.9 Å². The van der Waals surface area contributed by atoms with Crippen molar-refractivity contribution in [3.8, 4) is 51.0 Å². The molecule has 0 aliphatic carbocycles. The Morgan fingerprint density at radius 2 is 0.750 bits per heavy atom. The summed E-state index contributed by atoms with van der Waals surface area (Å²) in [6.45, 7) is 0. The molecule has 0 fully saturated rings. The highest BCUT2D eigenvalue weighted by molar-refractivity contribution is 6.72. The van der Waals surface area contributed by atoms with Gasteiger partial charge >= 0.3 is 0 Å². The van der Waals surface area contributed by atoms with Crippen LogP contribution in [-0.4, -0.2) is 192 Å². The Morgan fingerprint density at radius 3 is 1.25 bits per heavy atom. The second-order valence-electron chi connectivity index (χ2n) is 21.9. The van der Waals surface area contributed by atoms with E-state index in [-0.39, 0.29) is 0 Å². The first-order chi connectivity index (χ1) is 33.9. The van der Waals surface area contributed by atoms with Crippen molar-refractivity contribution in [1.82, 2.24) is 19.5 Å². The first-order valence-corrected chi connectivity index (χ1v) is 25.9. The molecule has 10 aromatic rings. The Balaban J connectivity index is 1.32. The van der Waals surface area contributed by atoms with Crippen LogP contribution in [0.1, 0.15) is 0 Å². The van der Waals surface area contributed by atoms with Crippen molar-refractivity contribution in [3.05, 3.63) is 36.4 Å². The van der Waals surface area contributed by atoms with Gasteiger partial charge in [-0.15, -0.1) is 54.6 Å². The predicted molar refractivity (Wildman–Crippen MR) is 383 cm³/mol. The zero-order chi connectivity index (χ0) is 52.2. The summed E-state index contributed by atoms with van der Waals surface area (Å²) in [6, 6.07) is 13.8. The molecule has 0 aliphatic rings. The molecule has 3 aromatic heterocycles. The maximum absolute atomic E-state index is 7.32. The molecule has 322 valence electrons. The monoisotopic (exact) mass is 905 g/mol. The minimum Gasteiger partial charge on any atom is -0.455 e. The van der Waals surface area contributed by atoms with Gasteiger partial charge in [-0.3, -0.25) is 0 Å². The van der Waals surface area contributed by atoms with Crippen LogP contribution in [0.5, 0.6) is 0 Å². The lowest BCUT2D eigenvalue weighted by Gasteiger charge is -2.22. The summed E-state index contributed by atoms with van der Waals surface area (Å²) in [5, 5.41) is 4.84. The van der Waals surface area contributed by atoms with E-state index in [9.17, 15) is 0 Å². The Kier molecular flexibility index (Phi) is 12.3.